The quantitative estimate of drug-likeness (QED) is 0.486. The van der Waals surface area contributed by atoms with Crippen molar-refractivity contribution in [2.45, 2.75) is 25.3 Å². The van der Waals surface area contributed by atoms with Gasteiger partial charge in [-0.05, 0) is 54.8 Å². The molecule has 0 amide bonds. The number of aromatic nitrogens is 2. The fourth-order valence-corrected chi connectivity index (χ4v) is 3.67. The van der Waals surface area contributed by atoms with Crippen LogP contribution in [-0.4, -0.2) is 15.8 Å². The summed E-state index contributed by atoms with van der Waals surface area (Å²) in [5, 5.41) is 4.35. The van der Waals surface area contributed by atoms with E-state index in [-0.39, 0.29) is 6.04 Å². The average Bonchev–Trinajstić information content (AvgIpc) is 3.13. The lowest BCUT2D eigenvalue weighted by Crippen LogP contribution is -2.21. The molecule has 5 heteroatoms. The molecule has 3 aromatic rings. The number of pyridine rings is 1. The summed E-state index contributed by atoms with van der Waals surface area (Å²) in [5.74, 6) is 0.711. The minimum atomic E-state index is 0.131. The van der Waals surface area contributed by atoms with E-state index in [1.807, 2.05) is 18.3 Å². The molecule has 0 saturated carbocycles. The van der Waals surface area contributed by atoms with E-state index < -0.39 is 0 Å². The van der Waals surface area contributed by atoms with Gasteiger partial charge in [0.15, 0.2) is 0 Å². The van der Waals surface area contributed by atoms with Crippen molar-refractivity contribution in [3.05, 3.63) is 84.3 Å². The monoisotopic (exact) mass is 357 g/mol. The predicted molar refractivity (Wildman–Crippen MR) is 111 cm³/mol. The maximum absolute atomic E-state index is 5.67. The normalized spacial score (nSPS) is 17.2. The van der Waals surface area contributed by atoms with Gasteiger partial charge in [-0.2, -0.15) is 0 Å². The molecule has 0 aliphatic heterocycles. The van der Waals surface area contributed by atoms with E-state index in [0.29, 0.717) is 5.84 Å². The van der Waals surface area contributed by atoms with Gasteiger partial charge in [-0.15, -0.1) is 0 Å². The first-order valence-corrected chi connectivity index (χ1v) is 9.18. The fraction of sp³-hybridized carbons (Fsp3) is 0.182. The zero-order chi connectivity index (χ0) is 18.6. The van der Waals surface area contributed by atoms with E-state index in [4.69, 9.17) is 10.7 Å². The van der Waals surface area contributed by atoms with Gasteiger partial charge in [-0.1, -0.05) is 30.8 Å². The van der Waals surface area contributed by atoms with Crippen LogP contribution in [0.1, 0.15) is 35.6 Å². The summed E-state index contributed by atoms with van der Waals surface area (Å²) in [4.78, 5) is 12.5. The van der Waals surface area contributed by atoms with Crippen molar-refractivity contribution in [3.8, 4) is 0 Å². The lowest BCUT2D eigenvalue weighted by molar-refractivity contribution is 0.572. The molecule has 4 N–H and O–H groups in total. The standard InChI is InChI=1S/C22H23N5/c1-15(19-14-25-22-18(19)9-5-13-24-22)26-21(11-12-23)27-20-10-4-7-16-6-2-3-8-17(16)20/h2-3,5-6,8-9,11-14,20H,1,4,7,10,23H2,(H,24,25)(H,26,27)/b12-11-/t20-/m1/s1. The van der Waals surface area contributed by atoms with E-state index in [9.17, 15) is 0 Å². The summed E-state index contributed by atoms with van der Waals surface area (Å²) >= 11 is 0. The number of hydrogen-bond donors (Lipinski definition) is 3. The molecule has 0 unspecified atom stereocenters. The Bertz CT molecular complexity index is 1030. The highest BCUT2D eigenvalue weighted by Gasteiger charge is 2.19. The van der Waals surface area contributed by atoms with Gasteiger partial charge >= 0.3 is 0 Å². The van der Waals surface area contributed by atoms with Gasteiger partial charge in [0.2, 0.25) is 0 Å². The smallest absolute Gasteiger partial charge is 0.137 e. The molecule has 0 radical (unpaired) electrons. The number of nitrogens with one attached hydrogen (secondary N) is 2. The molecule has 1 aromatic carbocycles. The second kappa shape index (κ2) is 7.50. The predicted octanol–water partition coefficient (Wildman–Crippen LogP) is 4.07. The summed E-state index contributed by atoms with van der Waals surface area (Å²) in [7, 11) is 0. The minimum Gasteiger partial charge on any atom is -0.404 e. The zero-order valence-corrected chi connectivity index (χ0v) is 15.2. The molecule has 0 bridgehead atoms. The first-order chi connectivity index (χ1) is 13.3. The molecule has 27 heavy (non-hydrogen) atoms. The zero-order valence-electron chi connectivity index (χ0n) is 15.2. The summed E-state index contributed by atoms with van der Waals surface area (Å²) in [6, 6.07) is 12.6. The number of rotatable bonds is 4. The molecule has 5 nitrogen and oxygen atoms in total. The Kier molecular flexibility index (Phi) is 4.75. The van der Waals surface area contributed by atoms with Crippen LogP contribution in [0, 0.1) is 0 Å². The topological polar surface area (TPSA) is 79.1 Å². The number of nitrogens with two attached hydrogens (primary N) is 1. The van der Waals surface area contributed by atoms with Crippen LogP contribution in [0.15, 0.2) is 72.6 Å². The number of aliphatic imine (C=N–C) groups is 1. The van der Waals surface area contributed by atoms with Crippen LogP contribution in [0.3, 0.4) is 0 Å². The van der Waals surface area contributed by atoms with Gasteiger partial charge in [-0.25, -0.2) is 4.98 Å². The Morgan fingerprint density at radius 3 is 3.07 bits per heavy atom. The van der Waals surface area contributed by atoms with Crippen molar-refractivity contribution in [1.29, 1.82) is 0 Å². The third kappa shape index (κ3) is 3.49. The second-order valence-corrected chi connectivity index (χ2v) is 6.69. The minimum absolute atomic E-state index is 0.131. The molecule has 2 heterocycles. The number of amidine groups is 1. The molecule has 0 saturated heterocycles. The lowest BCUT2D eigenvalue weighted by atomic mass is 9.88. The SMILES string of the molecule is C=C(NC(/C=C\N)=N[C@@H]1CCCc2ccccc21)c1c[nH]c2ncccc12. The number of nitrogens with zero attached hydrogens (tertiary/aromatic N) is 2. The molecule has 0 fully saturated rings. The van der Waals surface area contributed by atoms with E-state index in [1.165, 1.54) is 17.3 Å². The first-order valence-electron chi connectivity index (χ1n) is 9.18. The molecule has 0 spiro atoms. The third-order valence-electron chi connectivity index (χ3n) is 4.94. The van der Waals surface area contributed by atoms with Crippen LogP contribution in [0.2, 0.25) is 0 Å². The van der Waals surface area contributed by atoms with Crippen LogP contribution < -0.4 is 11.1 Å². The molecule has 4 rings (SSSR count). The van der Waals surface area contributed by atoms with Gasteiger partial charge in [0.1, 0.15) is 11.5 Å². The van der Waals surface area contributed by atoms with E-state index in [1.54, 1.807) is 12.3 Å². The summed E-state index contributed by atoms with van der Waals surface area (Å²) < 4.78 is 0. The molecule has 1 aliphatic rings. The number of hydrogen-bond acceptors (Lipinski definition) is 3. The lowest BCUT2D eigenvalue weighted by Gasteiger charge is -2.23. The van der Waals surface area contributed by atoms with Gasteiger partial charge in [0, 0.05) is 29.0 Å². The van der Waals surface area contributed by atoms with Crippen LogP contribution >= 0.6 is 0 Å². The van der Waals surface area contributed by atoms with Crippen LogP contribution in [-0.2, 0) is 6.42 Å². The Morgan fingerprint density at radius 2 is 2.19 bits per heavy atom. The molecular weight excluding hydrogens is 334 g/mol. The highest BCUT2D eigenvalue weighted by molar-refractivity contribution is 6.01. The van der Waals surface area contributed by atoms with Crippen molar-refractivity contribution >= 4 is 22.6 Å². The second-order valence-electron chi connectivity index (χ2n) is 6.69. The van der Waals surface area contributed by atoms with Crippen LogP contribution in [0.4, 0.5) is 0 Å². The van der Waals surface area contributed by atoms with Crippen molar-refractivity contribution in [2.24, 2.45) is 10.7 Å². The first kappa shape index (κ1) is 17.1. The van der Waals surface area contributed by atoms with Crippen molar-refractivity contribution in [3.63, 3.8) is 0 Å². The maximum Gasteiger partial charge on any atom is 0.137 e. The Labute approximate surface area is 158 Å². The van der Waals surface area contributed by atoms with Crippen LogP contribution in [0.5, 0.6) is 0 Å². The van der Waals surface area contributed by atoms with Gasteiger partial charge < -0.3 is 16.0 Å². The molecule has 136 valence electrons. The maximum atomic E-state index is 5.67. The average molecular weight is 357 g/mol. The van der Waals surface area contributed by atoms with E-state index in [2.05, 4.69) is 46.1 Å². The highest BCUT2D eigenvalue weighted by Crippen LogP contribution is 2.32. The summed E-state index contributed by atoms with van der Waals surface area (Å²) in [5.41, 5.74) is 10.9. The fourth-order valence-electron chi connectivity index (χ4n) is 3.67. The third-order valence-corrected chi connectivity index (χ3v) is 4.94. The van der Waals surface area contributed by atoms with E-state index in [0.717, 1.165) is 41.6 Å². The summed E-state index contributed by atoms with van der Waals surface area (Å²) in [6.45, 7) is 4.19. The molecule has 1 aliphatic carbocycles. The van der Waals surface area contributed by atoms with Crippen molar-refractivity contribution < 1.29 is 0 Å². The molecular formula is C22H23N5. The Hall–Kier alpha value is -3.34. The number of aromatic amines is 1. The summed E-state index contributed by atoms with van der Waals surface area (Å²) in [6.07, 6.45) is 10.3. The van der Waals surface area contributed by atoms with Gasteiger partial charge in [0.05, 0.1) is 6.04 Å². The number of benzene rings is 1. The van der Waals surface area contributed by atoms with Gasteiger partial charge in [0.25, 0.3) is 0 Å². The van der Waals surface area contributed by atoms with Gasteiger partial charge in [-0.3, -0.25) is 4.99 Å². The highest BCUT2D eigenvalue weighted by atomic mass is 15.0. The number of fused-ring (bicyclic) bond motifs is 2. The number of aryl methyl sites for hydroxylation is 1. The van der Waals surface area contributed by atoms with Crippen molar-refractivity contribution in [1.82, 2.24) is 15.3 Å². The van der Waals surface area contributed by atoms with Crippen LogP contribution in [0.25, 0.3) is 16.7 Å². The van der Waals surface area contributed by atoms with Crippen molar-refractivity contribution in [2.75, 3.05) is 0 Å². The molecule has 1 atom stereocenters. The van der Waals surface area contributed by atoms with E-state index >= 15 is 0 Å². The Balaban J connectivity index is 1.62. The largest absolute Gasteiger partial charge is 0.404 e. The Morgan fingerprint density at radius 1 is 1.30 bits per heavy atom. The number of H-pyrrole nitrogens is 1. The molecule has 2 aromatic heterocycles.